The van der Waals surface area contributed by atoms with Gasteiger partial charge in [-0.05, 0) is 90.8 Å². The van der Waals surface area contributed by atoms with E-state index in [0.29, 0.717) is 22.6 Å². The molecule has 4 aliphatic heterocycles. The van der Waals surface area contributed by atoms with Gasteiger partial charge in [-0.1, -0.05) is 24.3 Å². The molecule has 0 unspecified atom stereocenters. The van der Waals surface area contributed by atoms with E-state index in [1.165, 1.54) is 0 Å². The highest BCUT2D eigenvalue weighted by molar-refractivity contribution is 6.05. The second kappa shape index (κ2) is 11.2. The van der Waals surface area contributed by atoms with Crippen molar-refractivity contribution < 1.29 is 57.1 Å². The van der Waals surface area contributed by atoms with Crippen LogP contribution in [0.4, 0.5) is 0 Å². The number of rotatable bonds is 12. The SMILES string of the molecule is CCOC(=O)C12C(c3ccc(OC)cc3)C3(C(=O)OCC)C4(C)OC1(C)C1(C(=O)OCC)C(c5ccc(OC)cc5)C4(C(=O)OCC)C3(C)OC21C. The molecule has 6 aliphatic rings. The summed E-state index contributed by atoms with van der Waals surface area (Å²) in [5.74, 6) is -3.95. The number of carbonyl (C=O) groups is 4. The Morgan fingerprint density at radius 2 is 0.712 bits per heavy atom. The summed E-state index contributed by atoms with van der Waals surface area (Å²) in [6, 6.07) is 14.2. The molecule has 0 N–H and O–H groups in total. The number of ether oxygens (including phenoxy) is 8. The van der Waals surface area contributed by atoms with Crippen LogP contribution in [0.25, 0.3) is 0 Å². The second-order valence-electron chi connectivity index (χ2n) is 14.9. The number of esters is 4. The highest BCUT2D eigenvalue weighted by Crippen LogP contribution is 3.02. The molecule has 52 heavy (non-hydrogen) atoms. The Morgan fingerprint density at radius 1 is 0.481 bits per heavy atom. The monoisotopic (exact) mass is 720 g/mol. The third kappa shape index (κ3) is 3.12. The first-order valence-electron chi connectivity index (χ1n) is 18.0. The van der Waals surface area contributed by atoms with E-state index in [9.17, 15) is 0 Å². The smallest absolute Gasteiger partial charge is 0.318 e. The molecule has 12 heteroatoms. The number of carbonyl (C=O) groups excluding carboxylic acids is 4. The summed E-state index contributed by atoms with van der Waals surface area (Å²) in [4.78, 5) is 61.0. The molecule has 2 aromatic rings. The van der Waals surface area contributed by atoms with E-state index in [1.807, 2.05) is 0 Å². The molecule has 4 heterocycles. The van der Waals surface area contributed by atoms with Gasteiger partial charge in [-0.25, -0.2) is 0 Å². The van der Waals surface area contributed by atoms with Crippen LogP contribution in [0.3, 0.4) is 0 Å². The summed E-state index contributed by atoms with van der Waals surface area (Å²) in [6.45, 7) is 13.5. The van der Waals surface area contributed by atoms with Crippen LogP contribution in [-0.4, -0.2) is 86.9 Å². The number of benzene rings is 2. The maximum atomic E-state index is 15.3. The van der Waals surface area contributed by atoms with Crippen molar-refractivity contribution >= 4 is 23.9 Å². The molecule has 0 spiro atoms. The highest BCUT2D eigenvalue weighted by Gasteiger charge is 3.16. The standard InChI is InChI=1S/C40H48O12/c1-11-47-29(41)37-27(23-15-19-25(45-9)20-16-23)38(30(42)48-12-2)35(7)40(32(44)50-14-4)28(24-17-21-26(46-10)22-18-24)39(31(43)49-13-3,33(37,5)51-35)34(37,6)52-36(38,40)8/h15-22,27-28H,11-14H2,1-10H3. The van der Waals surface area contributed by atoms with Crippen LogP contribution in [0.15, 0.2) is 48.5 Å². The fourth-order valence-electron chi connectivity index (χ4n) is 12.9. The minimum Gasteiger partial charge on any atom is -0.497 e. The zero-order chi connectivity index (χ0) is 37.9. The predicted molar refractivity (Wildman–Crippen MR) is 184 cm³/mol. The Hall–Kier alpha value is -4.16. The summed E-state index contributed by atoms with van der Waals surface area (Å²) in [7, 11) is 3.08. The van der Waals surface area contributed by atoms with Crippen molar-refractivity contribution in [1.29, 1.82) is 0 Å². The molecule has 2 aromatic carbocycles. The molecule has 12 nitrogen and oxygen atoms in total. The number of hydrogen-bond acceptors (Lipinski definition) is 12. The van der Waals surface area contributed by atoms with Crippen LogP contribution < -0.4 is 9.47 Å². The fraction of sp³-hybridized carbons (Fsp3) is 0.600. The topological polar surface area (TPSA) is 142 Å². The first kappa shape index (κ1) is 36.2. The Morgan fingerprint density at radius 3 is 0.904 bits per heavy atom. The number of methoxy groups -OCH3 is 2. The van der Waals surface area contributed by atoms with Crippen molar-refractivity contribution in [2.45, 2.75) is 89.6 Å². The lowest BCUT2D eigenvalue weighted by atomic mass is 9.09. The molecule has 8 rings (SSSR count). The molecule has 0 radical (unpaired) electrons. The van der Waals surface area contributed by atoms with Crippen LogP contribution in [-0.2, 0) is 47.6 Å². The van der Waals surface area contributed by atoms with Gasteiger partial charge in [0.2, 0.25) is 0 Å². The van der Waals surface area contributed by atoms with Crippen molar-refractivity contribution in [2.75, 3.05) is 40.6 Å². The first-order chi connectivity index (χ1) is 24.7. The average molecular weight is 721 g/mol. The van der Waals surface area contributed by atoms with Crippen LogP contribution in [0.2, 0.25) is 0 Å². The molecule has 4 saturated heterocycles. The Labute approximate surface area is 303 Å². The molecule has 2 aliphatic carbocycles. The minimum absolute atomic E-state index is 0.00983. The zero-order valence-corrected chi connectivity index (χ0v) is 31.5. The van der Waals surface area contributed by atoms with Gasteiger partial charge >= 0.3 is 23.9 Å². The van der Waals surface area contributed by atoms with Crippen molar-refractivity contribution in [3.63, 3.8) is 0 Å². The Bertz CT molecular complexity index is 1590. The van der Waals surface area contributed by atoms with Gasteiger partial charge in [0.05, 0.1) is 40.6 Å². The fourth-order valence-corrected chi connectivity index (χ4v) is 12.9. The largest absolute Gasteiger partial charge is 0.497 e. The average Bonchev–Trinajstić information content (AvgIpc) is 3.10. The van der Waals surface area contributed by atoms with E-state index >= 15 is 19.2 Å². The molecule has 0 aromatic heterocycles. The highest BCUT2D eigenvalue weighted by atomic mass is 16.6. The quantitative estimate of drug-likeness (QED) is 0.217. The Kier molecular flexibility index (Phi) is 7.78. The van der Waals surface area contributed by atoms with Gasteiger partial charge < -0.3 is 37.9 Å². The second-order valence-corrected chi connectivity index (χ2v) is 14.9. The van der Waals surface area contributed by atoms with E-state index in [-0.39, 0.29) is 26.4 Å². The van der Waals surface area contributed by atoms with Gasteiger partial charge in [-0.2, -0.15) is 0 Å². The van der Waals surface area contributed by atoms with Crippen LogP contribution in [0, 0.1) is 21.7 Å². The molecular formula is C40H48O12. The minimum atomic E-state index is -1.87. The van der Waals surface area contributed by atoms with E-state index in [1.54, 1.807) is 118 Å². The summed E-state index contributed by atoms with van der Waals surface area (Å²) < 4.78 is 49.7. The van der Waals surface area contributed by atoms with Gasteiger partial charge in [0.25, 0.3) is 0 Å². The van der Waals surface area contributed by atoms with Crippen LogP contribution in [0.1, 0.15) is 78.4 Å². The maximum absolute atomic E-state index is 15.3. The Balaban J connectivity index is 1.72. The van der Waals surface area contributed by atoms with E-state index in [4.69, 9.17) is 37.9 Å². The maximum Gasteiger partial charge on any atom is 0.318 e. The lowest BCUT2D eigenvalue weighted by Crippen LogP contribution is -3.14. The van der Waals surface area contributed by atoms with Gasteiger partial charge in [-0.15, -0.1) is 0 Å². The molecule has 6 fully saturated rings. The lowest BCUT2D eigenvalue weighted by molar-refractivity contribution is -0.625. The molecule has 2 saturated carbocycles. The molecule has 280 valence electrons. The van der Waals surface area contributed by atoms with E-state index in [2.05, 4.69) is 0 Å². The van der Waals surface area contributed by atoms with Crippen molar-refractivity contribution in [3.05, 3.63) is 59.7 Å². The van der Waals surface area contributed by atoms with E-state index < -0.39 is 79.8 Å². The lowest BCUT2D eigenvalue weighted by Gasteiger charge is -2.99. The third-order valence-electron chi connectivity index (χ3n) is 13.9. The normalized spacial score (nSPS) is 41.2. The van der Waals surface area contributed by atoms with E-state index in [0.717, 1.165) is 0 Å². The van der Waals surface area contributed by atoms with Crippen molar-refractivity contribution in [2.24, 2.45) is 21.7 Å². The van der Waals surface area contributed by atoms with Crippen molar-refractivity contribution in [3.8, 4) is 11.5 Å². The summed E-state index contributed by atoms with van der Waals surface area (Å²) >= 11 is 0. The zero-order valence-electron chi connectivity index (χ0n) is 31.5. The predicted octanol–water partition coefficient (Wildman–Crippen LogP) is 4.91. The molecular weight excluding hydrogens is 672 g/mol. The molecule has 0 atom stereocenters. The van der Waals surface area contributed by atoms with Gasteiger partial charge in [-0.3, -0.25) is 19.2 Å². The third-order valence-corrected chi connectivity index (χ3v) is 13.9. The van der Waals surface area contributed by atoms with Crippen molar-refractivity contribution in [1.82, 2.24) is 0 Å². The number of hydrogen-bond donors (Lipinski definition) is 0. The van der Waals surface area contributed by atoms with Gasteiger partial charge in [0, 0.05) is 11.8 Å². The van der Waals surface area contributed by atoms with Gasteiger partial charge in [0.1, 0.15) is 55.6 Å². The molecule has 0 amide bonds. The summed E-state index contributed by atoms with van der Waals surface area (Å²) in [5.41, 5.74) is -13.6. The summed E-state index contributed by atoms with van der Waals surface area (Å²) in [6.07, 6.45) is 0. The summed E-state index contributed by atoms with van der Waals surface area (Å²) in [5, 5.41) is 0. The first-order valence-corrected chi connectivity index (χ1v) is 18.0. The molecule has 8 bridgehead atoms. The van der Waals surface area contributed by atoms with Gasteiger partial charge in [0.15, 0.2) is 0 Å². The van der Waals surface area contributed by atoms with Crippen LogP contribution >= 0.6 is 0 Å². The van der Waals surface area contributed by atoms with Crippen LogP contribution in [0.5, 0.6) is 11.5 Å².